The highest BCUT2D eigenvalue weighted by molar-refractivity contribution is 7.32. The quantitative estimate of drug-likeness (QED) is 0.638. The monoisotopic (exact) mass is 335 g/mol. The first-order valence-corrected chi connectivity index (χ1v) is 7.73. The van der Waals surface area contributed by atoms with Gasteiger partial charge in [0.05, 0.1) is 24.0 Å². The van der Waals surface area contributed by atoms with Crippen LogP contribution in [-0.2, 0) is 27.2 Å². The van der Waals surface area contributed by atoms with Crippen molar-refractivity contribution in [2.75, 3.05) is 4.90 Å². The van der Waals surface area contributed by atoms with Crippen LogP contribution in [0.4, 0.5) is 5.69 Å². The summed E-state index contributed by atoms with van der Waals surface area (Å²) < 4.78 is 16.2. The van der Waals surface area contributed by atoms with Crippen molar-refractivity contribution in [3.8, 4) is 0 Å². The lowest BCUT2D eigenvalue weighted by atomic mass is 10.1. The summed E-state index contributed by atoms with van der Waals surface area (Å²) in [5.41, 5.74) is 2.24. The first-order chi connectivity index (χ1) is 11.0. The number of carbonyl (C=O) groups is 2. The minimum Gasteiger partial charge on any atom is -0.299 e. The van der Waals surface area contributed by atoms with Crippen LogP contribution in [0.5, 0.6) is 0 Å². The number of nitrogens with zero attached hydrogens (tertiary/aromatic N) is 4. The van der Waals surface area contributed by atoms with E-state index in [9.17, 15) is 14.2 Å². The van der Waals surface area contributed by atoms with Crippen LogP contribution < -0.4 is 4.90 Å². The van der Waals surface area contributed by atoms with E-state index in [1.165, 1.54) is 15.8 Å². The molecule has 9 nitrogen and oxygen atoms in total. The van der Waals surface area contributed by atoms with Crippen molar-refractivity contribution in [3.63, 3.8) is 0 Å². The van der Waals surface area contributed by atoms with Crippen molar-refractivity contribution in [1.82, 2.24) is 15.0 Å². The van der Waals surface area contributed by atoms with Gasteiger partial charge in [-0.1, -0.05) is 21.4 Å². The van der Waals surface area contributed by atoms with E-state index in [4.69, 9.17) is 4.89 Å². The van der Waals surface area contributed by atoms with Crippen LogP contribution in [0.3, 0.4) is 0 Å². The Labute approximate surface area is 131 Å². The molecule has 1 atom stereocenters. The van der Waals surface area contributed by atoms with Gasteiger partial charge in [-0.05, 0) is 19.1 Å². The number of hydrogen-bond donors (Lipinski definition) is 1. The number of benzene rings is 1. The lowest BCUT2D eigenvalue weighted by Gasteiger charge is -2.14. The average Bonchev–Trinajstić information content (AvgIpc) is 3.05. The van der Waals surface area contributed by atoms with Gasteiger partial charge in [-0.25, -0.2) is 4.68 Å². The molecule has 0 saturated carbocycles. The van der Waals surface area contributed by atoms with Crippen LogP contribution in [0, 0.1) is 6.92 Å². The lowest BCUT2D eigenvalue weighted by Crippen LogP contribution is -2.29. The summed E-state index contributed by atoms with van der Waals surface area (Å²) in [4.78, 5) is 34.1. The fraction of sp³-hybridized carbons (Fsp3) is 0.231. The van der Waals surface area contributed by atoms with Gasteiger partial charge >= 0.3 is 8.25 Å². The number of fused-ring (bicyclic) bond motifs is 1. The van der Waals surface area contributed by atoms with Gasteiger partial charge in [0.2, 0.25) is 0 Å². The Bertz CT molecular complexity index is 818. The Balaban J connectivity index is 1.80. The van der Waals surface area contributed by atoms with E-state index < -0.39 is 19.9 Å². The molecule has 1 amide bonds. The third-order valence-electron chi connectivity index (χ3n) is 3.33. The first kappa shape index (κ1) is 15.4. The van der Waals surface area contributed by atoms with Gasteiger partial charge in [-0.2, -0.15) is 0 Å². The molecule has 3 rings (SSSR count). The highest BCUT2D eigenvalue weighted by Crippen LogP contribution is 2.30. The van der Waals surface area contributed by atoms with Crippen LogP contribution in [0.15, 0.2) is 24.4 Å². The number of Topliss-reactive ketones (excluding diaryl/α,β-unsaturated/α-hetero) is 1. The van der Waals surface area contributed by atoms with Gasteiger partial charge in [0.1, 0.15) is 5.69 Å². The second-order valence-corrected chi connectivity index (χ2v) is 5.72. The Hall–Kier alpha value is -2.48. The summed E-state index contributed by atoms with van der Waals surface area (Å²) in [7, 11) is -2.73. The summed E-state index contributed by atoms with van der Waals surface area (Å²) in [5.74, 6) is -1.16. The molecule has 0 fully saturated rings. The summed E-state index contributed by atoms with van der Waals surface area (Å²) in [6.07, 6.45) is 1.47. The van der Waals surface area contributed by atoms with E-state index in [0.717, 1.165) is 5.56 Å². The molecule has 1 aromatic carbocycles. The predicted octanol–water partition coefficient (Wildman–Crippen LogP) is 0.940. The van der Waals surface area contributed by atoms with E-state index >= 15 is 0 Å². The molecule has 0 spiro atoms. The smallest absolute Gasteiger partial charge is 0.299 e. The van der Waals surface area contributed by atoms with Crippen molar-refractivity contribution in [3.05, 3.63) is 41.2 Å². The third kappa shape index (κ3) is 3.02. The zero-order valence-electron chi connectivity index (χ0n) is 12.0. The fourth-order valence-corrected chi connectivity index (χ4v) is 2.53. The summed E-state index contributed by atoms with van der Waals surface area (Å²) in [6.45, 7) is 1.69. The third-order valence-corrected chi connectivity index (χ3v) is 3.67. The molecule has 0 radical (unpaired) electrons. The van der Waals surface area contributed by atoms with E-state index in [0.29, 0.717) is 16.9 Å². The van der Waals surface area contributed by atoms with E-state index in [1.807, 2.05) is 13.0 Å². The minimum absolute atomic E-state index is 0.0753. The molecule has 2 heterocycles. The molecule has 23 heavy (non-hydrogen) atoms. The van der Waals surface area contributed by atoms with E-state index in [2.05, 4.69) is 14.8 Å². The van der Waals surface area contributed by atoms with Gasteiger partial charge in [0.15, 0.2) is 6.73 Å². The van der Waals surface area contributed by atoms with Crippen LogP contribution in [0.1, 0.15) is 21.6 Å². The number of ketones is 1. The second-order valence-electron chi connectivity index (χ2n) is 4.99. The zero-order chi connectivity index (χ0) is 16.6. The number of hydrogen-bond acceptors (Lipinski definition) is 6. The standard InChI is InChI=1S/C13H11N4O5P/c1-8-2-3-11-10(4-8)12(18)13(19)17(11)6-9-5-16(15-14-9)7-22-23(20)21/h2-5H,6-7H2,1H3/p+1. The van der Waals surface area contributed by atoms with E-state index in [1.54, 1.807) is 12.1 Å². The second kappa shape index (κ2) is 5.96. The number of rotatable bonds is 5. The molecule has 1 aromatic heterocycles. The zero-order valence-corrected chi connectivity index (χ0v) is 12.9. The van der Waals surface area contributed by atoms with Gasteiger partial charge in [0, 0.05) is 4.57 Å². The Morgan fingerprint density at radius 1 is 1.35 bits per heavy atom. The first-order valence-electron chi connectivity index (χ1n) is 6.60. The molecule has 0 aliphatic carbocycles. The maximum atomic E-state index is 12.1. The van der Waals surface area contributed by atoms with E-state index in [-0.39, 0.29) is 13.3 Å². The van der Waals surface area contributed by atoms with Crippen molar-refractivity contribution in [2.24, 2.45) is 0 Å². The van der Waals surface area contributed by atoms with Crippen molar-refractivity contribution in [2.45, 2.75) is 20.2 Å². The topological polar surface area (TPSA) is 115 Å². The minimum atomic E-state index is -2.73. The number of aryl methyl sites for hydroxylation is 1. The molecule has 1 aliphatic rings. The van der Waals surface area contributed by atoms with Crippen molar-refractivity contribution >= 4 is 25.6 Å². The Morgan fingerprint density at radius 3 is 2.87 bits per heavy atom. The molecule has 1 N–H and O–H groups in total. The molecule has 1 aliphatic heterocycles. The van der Waals surface area contributed by atoms with Crippen LogP contribution in [0.2, 0.25) is 0 Å². The van der Waals surface area contributed by atoms with Crippen molar-refractivity contribution in [1.29, 1.82) is 0 Å². The predicted molar refractivity (Wildman–Crippen MR) is 77.6 cm³/mol. The van der Waals surface area contributed by atoms with Crippen LogP contribution >= 0.6 is 8.25 Å². The highest BCUT2D eigenvalue weighted by Gasteiger charge is 2.36. The Morgan fingerprint density at radius 2 is 2.13 bits per heavy atom. The number of carbonyl (C=O) groups excluding carboxylic acids is 2. The molecule has 0 saturated heterocycles. The molecule has 1 unspecified atom stereocenters. The van der Waals surface area contributed by atoms with Gasteiger partial charge in [-0.15, -0.1) is 9.99 Å². The van der Waals surface area contributed by atoms with Gasteiger partial charge in [-0.3, -0.25) is 14.5 Å². The normalized spacial score (nSPS) is 14.3. The number of anilines is 1. The maximum absolute atomic E-state index is 12.1. The molecule has 118 valence electrons. The number of aromatic nitrogens is 3. The summed E-state index contributed by atoms with van der Waals surface area (Å²) in [5, 5.41) is 7.58. The molecule has 2 aromatic rings. The van der Waals surface area contributed by atoms with Crippen LogP contribution in [-0.4, -0.2) is 31.6 Å². The molecular formula is C13H12N4O5P+. The maximum Gasteiger partial charge on any atom is 0.696 e. The van der Waals surface area contributed by atoms with Crippen molar-refractivity contribution < 1.29 is 23.6 Å². The van der Waals surface area contributed by atoms with Crippen LogP contribution in [0.25, 0.3) is 0 Å². The SMILES string of the molecule is Cc1ccc2c(c1)C(=O)C(=O)N2Cc1cn(CO[P+](=O)O)nn1. The summed E-state index contributed by atoms with van der Waals surface area (Å²) in [6, 6.07) is 5.22. The van der Waals surface area contributed by atoms with Gasteiger partial charge in [0.25, 0.3) is 11.7 Å². The van der Waals surface area contributed by atoms with Gasteiger partial charge < -0.3 is 0 Å². The molecule has 10 heteroatoms. The Kier molecular flexibility index (Phi) is 3.99. The lowest BCUT2D eigenvalue weighted by molar-refractivity contribution is -0.114. The fourth-order valence-electron chi connectivity index (χ4n) is 2.32. The summed E-state index contributed by atoms with van der Waals surface area (Å²) >= 11 is 0. The average molecular weight is 335 g/mol. The molecular weight excluding hydrogens is 323 g/mol. The number of amides is 1. The molecule has 0 bridgehead atoms. The largest absolute Gasteiger partial charge is 0.696 e. The highest BCUT2D eigenvalue weighted by atomic mass is 31.1.